The predicted octanol–water partition coefficient (Wildman–Crippen LogP) is 1.86. The summed E-state index contributed by atoms with van der Waals surface area (Å²) in [6.45, 7) is 0.740. The van der Waals surface area contributed by atoms with Gasteiger partial charge in [0, 0.05) is 19.1 Å². The lowest BCUT2D eigenvalue weighted by Crippen LogP contribution is -2.43. The first-order valence-electron chi connectivity index (χ1n) is 7.47. The minimum Gasteiger partial charge on any atom is -0.459 e. The van der Waals surface area contributed by atoms with Crippen molar-refractivity contribution >= 4 is 15.9 Å². The summed E-state index contributed by atoms with van der Waals surface area (Å²) in [6.07, 6.45) is 2.94. The number of nitrogens with zero attached hydrogens (tertiary/aromatic N) is 1. The van der Waals surface area contributed by atoms with Crippen LogP contribution in [0.2, 0.25) is 0 Å². The Kier molecular flexibility index (Phi) is 4.49. The molecule has 1 aliphatic heterocycles. The molecule has 6 nitrogen and oxygen atoms in total. The molecular formula is C16H18N2O4S. The van der Waals surface area contributed by atoms with Gasteiger partial charge in [0.1, 0.15) is 0 Å². The van der Waals surface area contributed by atoms with Crippen LogP contribution in [-0.2, 0) is 10.0 Å². The van der Waals surface area contributed by atoms with E-state index in [1.165, 1.54) is 10.6 Å². The summed E-state index contributed by atoms with van der Waals surface area (Å²) in [5, 5.41) is 2.74. The maximum absolute atomic E-state index is 12.7. The van der Waals surface area contributed by atoms with Crippen molar-refractivity contribution in [3.8, 4) is 0 Å². The van der Waals surface area contributed by atoms with Crippen LogP contribution in [0.3, 0.4) is 0 Å². The van der Waals surface area contributed by atoms with Crippen molar-refractivity contribution in [3.05, 3.63) is 54.5 Å². The van der Waals surface area contributed by atoms with Gasteiger partial charge in [-0.05, 0) is 37.1 Å². The fourth-order valence-electron chi connectivity index (χ4n) is 2.76. The van der Waals surface area contributed by atoms with Crippen LogP contribution in [0, 0.1) is 0 Å². The van der Waals surface area contributed by atoms with Crippen molar-refractivity contribution in [3.63, 3.8) is 0 Å². The highest BCUT2D eigenvalue weighted by atomic mass is 32.2. The summed E-state index contributed by atoms with van der Waals surface area (Å²) in [5.74, 6) is -0.112. The van der Waals surface area contributed by atoms with E-state index in [4.69, 9.17) is 4.42 Å². The maximum Gasteiger partial charge on any atom is 0.287 e. The number of nitrogens with one attached hydrogen (secondary N) is 1. The minimum atomic E-state index is -3.53. The average Bonchev–Trinajstić information content (AvgIpc) is 3.25. The van der Waals surface area contributed by atoms with Crippen LogP contribution in [0.15, 0.2) is 58.0 Å². The summed E-state index contributed by atoms with van der Waals surface area (Å²) in [5.41, 5.74) is 0. The number of amides is 1. The minimum absolute atomic E-state index is 0.223. The fourth-order valence-corrected chi connectivity index (χ4v) is 4.48. The molecule has 1 fully saturated rings. The fraction of sp³-hybridized carbons (Fsp3) is 0.312. The zero-order valence-corrected chi connectivity index (χ0v) is 13.3. The number of furan rings is 1. The van der Waals surface area contributed by atoms with Gasteiger partial charge in [-0.1, -0.05) is 18.2 Å². The van der Waals surface area contributed by atoms with Gasteiger partial charge in [0.05, 0.1) is 11.2 Å². The van der Waals surface area contributed by atoms with E-state index in [-0.39, 0.29) is 29.1 Å². The molecule has 122 valence electrons. The Morgan fingerprint density at radius 1 is 1.22 bits per heavy atom. The number of hydrogen-bond acceptors (Lipinski definition) is 4. The summed E-state index contributed by atoms with van der Waals surface area (Å²) < 4.78 is 31.9. The molecule has 0 aliphatic carbocycles. The van der Waals surface area contributed by atoms with Gasteiger partial charge in [0.25, 0.3) is 5.91 Å². The number of carbonyl (C=O) groups is 1. The standard InChI is InChI=1S/C16H18N2O4S/c19-16(15-9-5-11-22-15)17-12-13-6-4-10-18(13)23(20,21)14-7-2-1-3-8-14/h1-3,5,7-9,11,13H,4,6,10,12H2,(H,17,19)/t13-/m1/s1. The Hall–Kier alpha value is -2.12. The van der Waals surface area contributed by atoms with Crippen LogP contribution >= 0.6 is 0 Å². The quantitative estimate of drug-likeness (QED) is 0.905. The molecule has 1 aliphatic rings. The summed E-state index contributed by atoms with van der Waals surface area (Å²) >= 11 is 0. The second-order valence-electron chi connectivity index (χ2n) is 5.41. The second kappa shape index (κ2) is 6.55. The first-order valence-corrected chi connectivity index (χ1v) is 8.91. The Morgan fingerprint density at radius 2 is 2.00 bits per heavy atom. The largest absolute Gasteiger partial charge is 0.459 e. The SMILES string of the molecule is O=C(NC[C@H]1CCCN1S(=O)(=O)c1ccccc1)c1ccco1. The van der Waals surface area contributed by atoms with Crippen molar-refractivity contribution in [1.29, 1.82) is 0 Å². The summed E-state index contributed by atoms with van der Waals surface area (Å²) in [4.78, 5) is 12.2. The molecule has 7 heteroatoms. The van der Waals surface area contributed by atoms with Crippen LogP contribution in [0.4, 0.5) is 0 Å². The average molecular weight is 334 g/mol. The molecule has 0 spiro atoms. The Balaban J connectivity index is 1.69. The van der Waals surface area contributed by atoms with Crippen LogP contribution < -0.4 is 5.32 Å². The molecule has 0 radical (unpaired) electrons. The third-order valence-corrected chi connectivity index (χ3v) is 5.88. The van der Waals surface area contributed by atoms with Crippen molar-refractivity contribution in [2.24, 2.45) is 0 Å². The lowest BCUT2D eigenvalue weighted by atomic mass is 10.2. The van der Waals surface area contributed by atoms with Crippen molar-refractivity contribution < 1.29 is 17.6 Å². The molecular weight excluding hydrogens is 316 g/mol. The van der Waals surface area contributed by atoms with Gasteiger partial charge >= 0.3 is 0 Å². The molecule has 2 aromatic rings. The summed E-state index contributed by atoms with van der Waals surface area (Å²) in [7, 11) is -3.53. The highest BCUT2D eigenvalue weighted by molar-refractivity contribution is 7.89. The van der Waals surface area contributed by atoms with E-state index in [0.717, 1.165) is 12.8 Å². The lowest BCUT2D eigenvalue weighted by Gasteiger charge is -2.24. The van der Waals surface area contributed by atoms with Crippen molar-refractivity contribution in [1.82, 2.24) is 9.62 Å². The van der Waals surface area contributed by atoms with E-state index in [1.807, 2.05) is 0 Å². The highest BCUT2D eigenvalue weighted by Gasteiger charge is 2.35. The number of sulfonamides is 1. The monoisotopic (exact) mass is 334 g/mol. The molecule has 1 amide bonds. The van der Waals surface area contributed by atoms with E-state index in [1.54, 1.807) is 42.5 Å². The predicted molar refractivity (Wildman–Crippen MR) is 84.4 cm³/mol. The molecule has 0 saturated carbocycles. The number of rotatable bonds is 5. The molecule has 1 saturated heterocycles. The highest BCUT2D eigenvalue weighted by Crippen LogP contribution is 2.25. The van der Waals surface area contributed by atoms with Crippen molar-refractivity contribution in [2.75, 3.05) is 13.1 Å². The van der Waals surface area contributed by atoms with Crippen molar-refractivity contribution in [2.45, 2.75) is 23.8 Å². The van der Waals surface area contributed by atoms with E-state index < -0.39 is 10.0 Å². The van der Waals surface area contributed by atoms with Gasteiger partial charge < -0.3 is 9.73 Å². The maximum atomic E-state index is 12.7. The number of carbonyl (C=O) groups excluding carboxylic acids is 1. The first kappa shape index (κ1) is 15.8. The summed E-state index contributed by atoms with van der Waals surface area (Å²) in [6, 6.07) is 11.3. The van der Waals surface area contributed by atoms with Gasteiger partial charge in [0.15, 0.2) is 5.76 Å². The topological polar surface area (TPSA) is 79.6 Å². The molecule has 0 bridgehead atoms. The normalized spacial score (nSPS) is 18.9. The van der Waals surface area contributed by atoms with E-state index >= 15 is 0 Å². The van der Waals surface area contributed by atoms with E-state index in [9.17, 15) is 13.2 Å². The Bertz CT molecular complexity index is 757. The first-order chi connectivity index (χ1) is 11.1. The van der Waals surface area contributed by atoms with E-state index in [2.05, 4.69) is 5.32 Å². The molecule has 1 aromatic heterocycles. The Labute approximate surface area is 135 Å². The zero-order valence-electron chi connectivity index (χ0n) is 12.5. The van der Waals surface area contributed by atoms with Crippen LogP contribution in [0.1, 0.15) is 23.4 Å². The second-order valence-corrected chi connectivity index (χ2v) is 7.30. The van der Waals surface area contributed by atoms with Gasteiger partial charge in [-0.15, -0.1) is 0 Å². The van der Waals surface area contributed by atoms with Crippen LogP contribution in [0.25, 0.3) is 0 Å². The zero-order chi connectivity index (χ0) is 16.3. The molecule has 2 heterocycles. The van der Waals surface area contributed by atoms with Crippen LogP contribution in [-0.4, -0.2) is 37.8 Å². The Morgan fingerprint density at radius 3 is 2.70 bits per heavy atom. The molecule has 23 heavy (non-hydrogen) atoms. The number of benzene rings is 1. The smallest absolute Gasteiger partial charge is 0.287 e. The van der Waals surface area contributed by atoms with Gasteiger partial charge in [0.2, 0.25) is 10.0 Å². The molecule has 1 aromatic carbocycles. The molecule has 0 unspecified atom stereocenters. The molecule has 1 N–H and O–H groups in total. The molecule has 1 atom stereocenters. The van der Waals surface area contributed by atoms with Gasteiger partial charge in [-0.3, -0.25) is 4.79 Å². The third kappa shape index (κ3) is 3.30. The molecule has 3 rings (SSSR count). The number of hydrogen-bond donors (Lipinski definition) is 1. The van der Waals surface area contributed by atoms with E-state index in [0.29, 0.717) is 6.54 Å². The van der Waals surface area contributed by atoms with Crippen LogP contribution in [0.5, 0.6) is 0 Å². The third-order valence-electron chi connectivity index (χ3n) is 3.92. The van der Waals surface area contributed by atoms with Gasteiger partial charge in [-0.25, -0.2) is 8.42 Å². The lowest BCUT2D eigenvalue weighted by molar-refractivity contribution is 0.0919. The van der Waals surface area contributed by atoms with Gasteiger partial charge in [-0.2, -0.15) is 4.31 Å².